The van der Waals surface area contributed by atoms with E-state index in [2.05, 4.69) is 16.4 Å². The molecule has 0 amide bonds. The first-order valence-corrected chi connectivity index (χ1v) is 7.47. The van der Waals surface area contributed by atoms with Crippen LogP contribution in [0.5, 0.6) is 0 Å². The highest BCUT2D eigenvalue weighted by molar-refractivity contribution is 8.01. The quantitative estimate of drug-likeness (QED) is 0.790. The van der Waals surface area contributed by atoms with Crippen LogP contribution in [0.25, 0.3) is 10.2 Å². The third-order valence-electron chi connectivity index (χ3n) is 2.30. The minimum Gasteiger partial charge on any atom is -0.391 e. The van der Waals surface area contributed by atoms with Crippen LogP contribution in [0, 0.1) is 0 Å². The monoisotopic (exact) mass is 268 g/mol. The molecule has 0 radical (unpaired) electrons. The first kappa shape index (κ1) is 12.8. The second-order valence-corrected chi connectivity index (χ2v) is 6.02. The highest BCUT2D eigenvalue weighted by atomic mass is 32.2. The largest absolute Gasteiger partial charge is 0.391 e. The molecule has 3 nitrogen and oxygen atoms in total. The number of aliphatic hydroxyl groups excluding tert-OH is 1. The van der Waals surface area contributed by atoms with Gasteiger partial charge in [0.05, 0.1) is 16.3 Å². The molecule has 2 rings (SSSR count). The Morgan fingerprint density at radius 3 is 3.06 bits per heavy atom. The van der Waals surface area contributed by atoms with Crippen molar-refractivity contribution in [3.63, 3.8) is 0 Å². The highest BCUT2D eigenvalue weighted by Crippen LogP contribution is 2.29. The van der Waals surface area contributed by atoms with Crippen LogP contribution in [0.15, 0.2) is 28.6 Å². The average Bonchev–Trinajstić information content (AvgIpc) is 2.76. The number of thioether (sulfide) groups is 1. The number of para-hydroxylation sites is 1. The predicted octanol–water partition coefficient (Wildman–Crippen LogP) is 2.36. The van der Waals surface area contributed by atoms with Gasteiger partial charge in [-0.1, -0.05) is 30.8 Å². The fourth-order valence-electron chi connectivity index (χ4n) is 1.45. The summed E-state index contributed by atoms with van der Waals surface area (Å²) in [6.45, 7) is 3.57. The van der Waals surface area contributed by atoms with Crippen LogP contribution in [0.4, 0.5) is 0 Å². The van der Waals surface area contributed by atoms with Gasteiger partial charge in [-0.3, -0.25) is 0 Å². The molecule has 0 aliphatic rings. The van der Waals surface area contributed by atoms with Crippen molar-refractivity contribution in [2.24, 2.45) is 0 Å². The number of rotatable bonds is 6. The zero-order valence-corrected chi connectivity index (χ0v) is 11.4. The standard InChI is InChI=1S/C12H16N2OS2/c1-2-13-7-9(15)8-16-12-14-10-5-3-4-6-11(10)17-12/h3-6,9,13,15H,2,7-8H2,1H3. The van der Waals surface area contributed by atoms with Crippen LogP contribution < -0.4 is 5.32 Å². The van der Waals surface area contributed by atoms with E-state index < -0.39 is 0 Å². The van der Waals surface area contributed by atoms with E-state index in [1.54, 1.807) is 23.1 Å². The number of benzene rings is 1. The normalized spacial score (nSPS) is 13.1. The Kier molecular flexibility index (Phi) is 4.79. The Labute approximate surface area is 109 Å². The van der Waals surface area contributed by atoms with Crippen molar-refractivity contribution in [3.05, 3.63) is 24.3 Å². The van der Waals surface area contributed by atoms with Gasteiger partial charge in [0.2, 0.25) is 0 Å². The van der Waals surface area contributed by atoms with Crippen LogP contribution in [0.2, 0.25) is 0 Å². The number of nitrogens with one attached hydrogen (secondary N) is 1. The SMILES string of the molecule is CCNCC(O)CSc1nc2ccccc2s1. The van der Waals surface area contributed by atoms with Crippen LogP contribution in [0.3, 0.4) is 0 Å². The van der Waals surface area contributed by atoms with E-state index in [9.17, 15) is 5.11 Å². The van der Waals surface area contributed by atoms with Gasteiger partial charge in [0, 0.05) is 12.3 Å². The molecular weight excluding hydrogens is 252 g/mol. The third-order valence-corrected chi connectivity index (χ3v) is 4.63. The molecule has 17 heavy (non-hydrogen) atoms. The summed E-state index contributed by atoms with van der Waals surface area (Å²) in [6.07, 6.45) is -0.313. The van der Waals surface area contributed by atoms with Crippen molar-refractivity contribution in [2.75, 3.05) is 18.8 Å². The number of nitrogens with zero attached hydrogens (tertiary/aromatic N) is 1. The summed E-state index contributed by atoms with van der Waals surface area (Å²) in [5, 5.41) is 12.8. The molecule has 0 saturated heterocycles. The molecule has 1 aromatic heterocycles. The molecule has 1 heterocycles. The third kappa shape index (κ3) is 3.67. The van der Waals surface area contributed by atoms with Crippen molar-refractivity contribution in [1.29, 1.82) is 0 Å². The minimum absolute atomic E-state index is 0.313. The maximum Gasteiger partial charge on any atom is 0.151 e. The summed E-state index contributed by atoms with van der Waals surface area (Å²) < 4.78 is 2.23. The molecule has 2 aromatic rings. The van der Waals surface area contributed by atoms with Crippen LogP contribution in [-0.2, 0) is 0 Å². The zero-order valence-electron chi connectivity index (χ0n) is 9.72. The van der Waals surface area contributed by atoms with Crippen LogP contribution in [-0.4, -0.2) is 35.0 Å². The minimum atomic E-state index is -0.313. The molecule has 0 saturated carbocycles. The fraction of sp³-hybridized carbons (Fsp3) is 0.417. The van der Waals surface area contributed by atoms with E-state index in [0.717, 1.165) is 16.4 Å². The summed E-state index contributed by atoms with van der Waals surface area (Å²) in [6, 6.07) is 8.11. The first-order chi connectivity index (χ1) is 8.29. The lowest BCUT2D eigenvalue weighted by Gasteiger charge is -2.08. The Morgan fingerprint density at radius 1 is 1.47 bits per heavy atom. The molecule has 0 fully saturated rings. The molecule has 1 aromatic carbocycles. The molecule has 0 spiro atoms. The maximum absolute atomic E-state index is 9.71. The second-order valence-electron chi connectivity index (χ2n) is 3.72. The van der Waals surface area contributed by atoms with Gasteiger partial charge in [-0.2, -0.15) is 0 Å². The van der Waals surface area contributed by atoms with Crippen molar-refractivity contribution >= 4 is 33.3 Å². The number of fused-ring (bicyclic) bond motifs is 1. The van der Waals surface area contributed by atoms with Gasteiger partial charge in [-0.05, 0) is 18.7 Å². The summed E-state index contributed by atoms with van der Waals surface area (Å²) in [5.74, 6) is 0.687. The van der Waals surface area contributed by atoms with Crippen molar-refractivity contribution in [2.45, 2.75) is 17.4 Å². The maximum atomic E-state index is 9.71. The smallest absolute Gasteiger partial charge is 0.151 e. The number of aromatic nitrogens is 1. The Hall–Kier alpha value is -0.620. The molecule has 92 valence electrons. The number of thiazole rings is 1. The molecule has 5 heteroatoms. The number of hydrogen-bond donors (Lipinski definition) is 2. The summed E-state index contributed by atoms with van der Waals surface area (Å²) >= 11 is 3.31. The van der Waals surface area contributed by atoms with Crippen LogP contribution in [0.1, 0.15) is 6.92 Å². The Morgan fingerprint density at radius 2 is 2.29 bits per heavy atom. The van der Waals surface area contributed by atoms with E-state index >= 15 is 0 Å². The van der Waals surface area contributed by atoms with E-state index in [-0.39, 0.29) is 6.10 Å². The fourth-order valence-corrected chi connectivity index (χ4v) is 3.47. The first-order valence-electron chi connectivity index (χ1n) is 5.66. The number of likely N-dealkylation sites (N-methyl/N-ethyl adjacent to an activating group) is 1. The lowest BCUT2D eigenvalue weighted by atomic mass is 10.3. The summed E-state index contributed by atoms with van der Waals surface area (Å²) in [4.78, 5) is 4.51. The van der Waals surface area contributed by atoms with E-state index in [4.69, 9.17) is 0 Å². The molecule has 2 N–H and O–H groups in total. The highest BCUT2D eigenvalue weighted by Gasteiger charge is 2.07. The molecule has 0 aliphatic heterocycles. The van der Waals surface area contributed by atoms with Gasteiger partial charge in [-0.25, -0.2) is 4.98 Å². The molecular formula is C12H16N2OS2. The zero-order chi connectivity index (χ0) is 12.1. The van der Waals surface area contributed by atoms with Gasteiger partial charge < -0.3 is 10.4 Å². The molecule has 0 aliphatic carbocycles. The van der Waals surface area contributed by atoms with Crippen LogP contribution >= 0.6 is 23.1 Å². The average molecular weight is 268 g/mol. The lowest BCUT2D eigenvalue weighted by Crippen LogP contribution is -2.28. The van der Waals surface area contributed by atoms with Gasteiger partial charge in [-0.15, -0.1) is 11.3 Å². The van der Waals surface area contributed by atoms with Gasteiger partial charge >= 0.3 is 0 Å². The number of aliphatic hydroxyl groups is 1. The summed E-state index contributed by atoms with van der Waals surface area (Å²) in [7, 11) is 0. The summed E-state index contributed by atoms with van der Waals surface area (Å²) in [5.41, 5.74) is 1.04. The number of hydrogen-bond acceptors (Lipinski definition) is 5. The Bertz CT molecular complexity index is 439. The molecule has 1 unspecified atom stereocenters. The second kappa shape index (κ2) is 6.35. The van der Waals surface area contributed by atoms with E-state index in [1.807, 2.05) is 25.1 Å². The lowest BCUT2D eigenvalue weighted by molar-refractivity contribution is 0.197. The van der Waals surface area contributed by atoms with Gasteiger partial charge in [0.15, 0.2) is 4.34 Å². The topological polar surface area (TPSA) is 45.1 Å². The van der Waals surface area contributed by atoms with Crippen molar-refractivity contribution in [1.82, 2.24) is 10.3 Å². The predicted molar refractivity (Wildman–Crippen MR) is 74.9 cm³/mol. The van der Waals surface area contributed by atoms with E-state index in [0.29, 0.717) is 12.3 Å². The van der Waals surface area contributed by atoms with Crippen molar-refractivity contribution < 1.29 is 5.11 Å². The molecule has 1 atom stereocenters. The molecule has 0 bridgehead atoms. The van der Waals surface area contributed by atoms with Crippen molar-refractivity contribution in [3.8, 4) is 0 Å². The Balaban J connectivity index is 1.90. The van der Waals surface area contributed by atoms with Gasteiger partial charge in [0.1, 0.15) is 0 Å². The van der Waals surface area contributed by atoms with Gasteiger partial charge in [0.25, 0.3) is 0 Å². The van der Waals surface area contributed by atoms with E-state index in [1.165, 1.54) is 4.70 Å².